The monoisotopic (exact) mass is 495 g/mol. The molecule has 0 fully saturated rings. The van der Waals surface area contributed by atoms with Crippen LogP contribution in [0, 0.1) is 11.6 Å². The van der Waals surface area contributed by atoms with E-state index in [1.165, 1.54) is 25.1 Å². The second-order valence-electron chi connectivity index (χ2n) is 7.10. The predicted octanol–water partition coefficient (Wildman–Crippen LogP) is 6.22. The summed E-state index contributed by atoms with van der Waals surface area (Å²) in [5.74, 6) is -2.28. The van der Waals surface area contributed by atoms with E-state index in [0.29, 0.717) is 17.4 Å². The Morgan fingerprint density at radius 1 is 0.912 bits per heavy atom. The number of hydrogen-bond donors (Lipinski definition) is 3. The summed E-state index contributed by atoms with van der Waals surface area (Å²) in [6, 6.07) is 13.2. The van der Waals surface area contributed by atoms with Gasteiger partial charge in [-0.15, -0.1) is 5.48 Å². The fourth-order valence-corrected chi connectivity index (χ4v) is 3.05. The van der Waals surface area contributed by atoms with Crippen molar-refractivity contribution in [3.63, 3.8) is 0 Å². The molecule has 0 aromatic heterocycles. The van der Waals surface area contributed by atoms with Gasteiger partial charge in [0.15, 0.2) is 0 Å². The van der Waals surface area contributed by atoms with Crippen LogP contribution in [0.2, 0.25) is 0 Å². The van der Waals surface area contributed by atoms with Crippen LogP contribution in [0.15, 0.2) is 66.7 Å². The molecule has 0 saturated heterocycles. The van der Waals surface area contributed by atoms with Crippen molar-refractivity contribution in [2.45, 2.75) is 19.1 Å². The molecule has 3 rings (SSSR count). The summed E-state index contributed by atoms with van der Waals surface area (Å²) in [5.41, 5.74) is 2.14. The molecule has 5 nitrogen and oxygen atoms in total. The van der Waals surface area contributed by atoms with E-state index in [4.69, 9.17) is 17.1 Å². The maximum Gasteiger partial charge on any atom is 0.416 e. The molecule has 0 aliphatic heterocycles. The average Bonchev–Trinajstić information content (AvgIpc) is 2.78. The quantitative estimate of drug-likeness (QED) is 0.216. The summed E-state index contributed by atoms with van der Waals surface area (Å²) in [5, 5.41) is 5.18. The number of anilines is 2. The van der Waals surface area contributed by atoms with Crippen LogP contribution in [-0.2, 0) is 11.0 Å². The predicted molar refractivity (Wildman–Crippen MR) is 121 cm³/mol. The zero-order valence-corrected chi connectivity index (χ0v) is 18.4. The minimum absolute atomic E-state index is 0.0363. The number of rotatable bonds is 6. The lowest BCUT2D eigenvalue weighted by molar-refractivity contribution is -0.137. The summed E-state index contributed by atoms with van der Waals surface area (Å²) in [7, 11) is 0. The minimum Gasteiger partial charge on any atom is -0.377 e. The smallest absolute Gasteiger partial charge is 0.377 e. The van der Waals surface area contributed by atoms with E-state index in [2.05, 4.69) is 16.1 Å². The molecular formula is C23H18F5N3O2S. The van der Waals surface area contributed by atoms with Crippen molar-refractivity contribution < 1.29 is 31.6 Å². The van der Waals surface area contributed by atoms with Crippen molar-refractivity contribution in [3.8, 4) is 0 Å². The standard InChI is InChI=1S/C23H18F5N3O2S/c1-13(17-11-6-14(12-20(17)25)23(26,27)28)31-33-22(34)30-16-9-7-15(8-10-16)29-21(32)18-4-2-3-5-19(18)24/h2-13,31H,1H3,(H,29,32)(H,30,34). The van der Waals surface area contributed by atoms with Crippen LogP contribution in [0.1, 0.15) is 34.5 Å². The van der Waals surface area contributed by atoms with Crippen LogP contribution in [0.3, 0.4) is 0 Å². The van der Waals surface area contributed by atoms with Gasteiger partial charge in [0, 0.05) is 16.9 Å². The van der Waals surface area contributed by atoms with Gasteiger partial charge in [-0.2, -0.15) is 13.2 Å². The normalized spacial score (nSPS) is 12.1. The van der Waals surface area contributed by atoms with E-state index < -0.39 is 35.3 Å². The summed E-state index contributed by atoms with van der Waals surface area (Å²) in [6.07, 6.45) is -4.64. The number of carbonyl (C=O) groups excluding carboxylic acids is 1. The molecule has 0 saturated carbocycles. The lowest BCUT2D eigenvalue weighted by Crippen LogP contribution is -2.27. The number of nitrogens with one attached hydrogen (secondary N) is 3. The van der Waals surface area contributed by atoms with Crippen molar-refractivity contribution in [2.75, 3.05) is 10.6 Å². The van der Waals surface area contributed by atoms with Gasteiger partial charge in [0.1, 0.15) is 11.6 Å². The number of hydroxylamine groups is 1. The fraction of sp³-hybridized carbons (Fsp3) is 0.130. The average molecular weight is 495 g/mol. The van der Waals surface area contributed by atoms with Crippen molar-refractivity contribution in [1.29, 1.82) is 0 Å². The highest BCUT2D eigenvalue weighted by Crippen LogP contribution is 2.31. The second-order valence-corrected chi connectivity index (χ2v) is 7.47. The summed E-state index contributed by atoms with van der Waals surface area (Å²) in [4.78, 5) is 17.3. The number of amides is 1. The lowest BCUT2D eigenvalue weighted by atomic mass is 10.1. The van der Waals surface area contributed by atoms with E-state index >= 15 is 0 Å². The first kappa shape index (κ1) is 25.1. The summed E-state index contributed by atoms with van der Waals surface area (Å²) >= 11 is 5.04. The first-order valence-electron chi connectivity index (χ1n) is 9.80. The van der Waals surface area contributed by atoms with Crippen LogP contribution in [-0.4, -0.2) is 11.1 Å². The Balaban J connectivity index is 1.52. The highest BCUT2D eigenvalue weighted by molar-refractivity contribution is 7.80. The molecule has 0 radical (unpaired) electrons. The molecule has 1 atom stereocenters. The third-order valence-corrected chi connectivity index (χ3v) is 4.82. The van der Waals surface area contributed by atoms with E-state index in [9.17, 15) is 26.7 Å². The SMILES string of the molecule is CC(NOC(=S)Nc1ccc(NC(=O)c2ccccc2F)cc1)c1ccc(C(F)(F)F)cc1F. The lowest BCUT2D eigenvalue weighted by Gasteiger charge is -2.17. The Morgan fingerprint density at radius 2 is 1.53 bits per heavy atom. The van der Waals surface area contributed by atoms with Crippen LogP contribution < -0.4 is 16.1 Å². The topological polar surface area (TPSA) is 62.4 Å². The molecule has 0 spiro atoms. The largest absolute Gasteiger partial charge is 0.416 e. The molecule has 3 N–H and O–H groups in total. The zero-order chi connectivity index (χ0) is 24.9. The maximum absolute atomic E-state index is 14.1. The first-order valence-corrected chi connectivity index (χ1v) is 10.2. The van der Waals surface area contributed by atoms with E-state index in [-0.39, 0.29) is 16.3 Å². The summed E-state index contributed by atoms with van der Waals surface area (Å²) in [6.45, 7) is 1.49. The number of alkyl halides is 3. The molecule has 0 bridgehead atoms. The molecule has 0 aliphatic rings. The molecular weight excluding hydrogens is 477 g/mol. The highest BCUT2D eigenvalue weighted by Gasteiger charge is 2.31. The van der Waals surface area contributed by atoms with Gasteiger partial charge in [-0.25, -0.2) is 8.78 Å². The van der Waals surface area contributed by atoms with Crippen molar-refractivity contribution >= 4 is 34.7 Å². The van der Waals surface area contributed by atoms with Crippen molar-refractivity contribution in [3.05, 3.63) is 95.1 Å². The van der Waals surface area contributed by atoms with Crippen LogP contribution in [0.4, 0.5) is 33.3 Å². The summed E-state index contributed by atoms with van der Waals surface area (Å²) < 4.78 is 65.8. The van der Waals surface area contributed by atoms with E-state index in [1.807, 2.05) is 0 Å². The Labute approximate surface area is 196 Å². The molecule has 34 heavy (non-hydrogen) atoms. The van der Waals surface area contributed by atoms with Crippen LogP contribution in [0.25, 0.3) is 0 Å². The van der Waals surface area contributed by atoms with Gasteiger partial charge in [-0.1, -0.05) is 18.2 Å². The number of hydrogen-bond acceptors (Lipinski definition) is 4. The van der Waals surface area contributed by atoms with Crippen molar-refractivity contribution in [1.82, 2.24) is 5.48 Å². The van der Waals surface area contributed by atoms with Gasteiger partial charge in [-0.05, 0) is 67.7 Å². The molecule has 3 aromatic rings. The van der Waals surface area contributed by atoms with Gasteiger partial charge in [0.2, 0.25) is 0 Å². The second kappa shape index (κ2) is 10.6. The molecule has 11 heteroatoms. The fourth-order valence-electron chi connectivity index (χ4n) is 2.88. The zero-order valence-electron chi connectivity index (χ0n) is 17.5. The van der Waals surface area contributed by atoms with Crippen LogP contribution in [0.5, 0.6) is 0 Å². The van der Waals surface area contributed by atoms with Gasteiger partial charge >= 0.3 is 6.18 Å². The van der Waals surface area contributed by atoms with Gasteiger partial charge in [-0.3, -0.25) is 4.79 Å². The Hall–Kier alpha value is -3.57. The minimum atomic E-state index is -4.64. The number of halogens is 5. The van der Waals surface area contributed by atoms with E-state index in [1.54, 1.807) is 30.3 Å². The molecule has 1 amide bonds. The third-order valence-electron chi connectivity index (χ3n) is 4.63. The Bertz CT molecular complexity index is 1190. The maximum atomic E-state index is 14.1. The van der Waals surface area contributed by atoms with Gasteiger partial charge < -0.3 is 15.5 Å². The molecule has 1 unspecified atom stereocenters. The molecule has 0 heterocycles. The highest BCUT2D eigenvalue weighted by atomic mass is 32.1. The number of thiocarbonyl (C=S) groups is 1. The molecule has 178 valence electrons. The van der Waals surface area contributed by atoms with E-state index in [0.717, 1.165) is 12.1 Å². The van der Waals surface area contributed by atoms with Gasteiger partial charge in [0.05, 0.1) is 17.2 Å². The Morgan fingerprint density at radius 3 is 2.12 bits per heavy atom. The molecule has 3 aromatic carbocycles. The first-order chi connectivity index (χ1) is 16.0. The Kier molecular flexibility index (Phi) is 7.79. The third kappa shape index (κ3) is 6.49. The van der Waals surface area contributed by atoms with Crippen LogP contribution >= 0.6 is 12.2 Å². The van der Waals surface area contributed by atoms with Gasteiger partial charge in [0.25, 0.3) is 11.1 Å². The number of benzene rings is 3. The molecule has 0 aliphatic carbocycles. The number of carbonyl (C=O) groups is 1. The van der Waals surface area contributed by atoms with Crippen molar-refractivity contribution in [2.24, 2.45) is 0 Å².